The Bertz CT molecular complexity index is 545. The summed E-state index contributed by atoms with van der Waals surface area (Å²) in [6.07, 6.45) is -0.295. The molecule has 0 saturated heterocycles. The van der Waals surface area contributed by atoms with Crippen molar-refractivity contribution in [3.05, 3.63) is 64.1 Å². The Morgan fingerprint density at radius 1 is 1.11 bits per heavy atom. The van der Waals surface area contributed by atoms with Crippen molar-refractivity contribution in [3.63, 3.8) is 0 Å². The third-order valence-corrected chi connectivity index (χ3v) is 3.54. The van der Waals surface area contributed by atoms with Gasteiger partial charge in [0.15, 0.2) is 0 Å². The van der Waals surface area contributed by atoms with Crippen molar-refractivity contribution in [1.82, 2.24) is 0 Å². The lowest BCUT2D eigenvalue weighted by Crippen LogP contribution is -2.28. The first-order chi connectivity index (χ1) is 9.08. The first-order valence-electron chi connectivity index (χ1n) is 6.04. The first-order valence-corrected chi connectivity index (χ1v) is 6.83. The van der Waals surface area contributed by atoms with Crippen LogP contribution >= 0.6 is 15.9 Å². The van der Waals surface area contributed by atoms with Crippen molar-refractivity contribution in [3.8, 4) is 5.75 Å². The van der Waals surface area contributed by atoms with E-state index in [-0.39, 0.29) is 5.75 Å². The molecule has 4 heteroatoms. The van der Waals surface area contributed by atoms with Gasteiger partial charge in [-0.05, 0) is 23.8 Å². The summed E-state index contributed by atoms with van der Waals surface area (Å²) in [6.45, 7) is 0. The minimum atomic E-state index is -0.748. The lowest BCUT2D eigenvalue weighted by molar-refractivity contribution is 0.143. The first kappa shape index (κ1) is 14.1. The fraction of sp³-hybridized carbons (Fsp3) is 0.200. The summed E-state index contributed by atoms with van der Waals surface area (Å²) < 4.78 is 0.822. The van der Waals surface area contributed by atoms with Gasteiger partial charge < -0.3 is 15.9 Å². The van der Waals surface area contributed by atoms with Crippen LogP contribution in [0.2, 0.25) is 0 Å². The second kappa shape index (κ2) is 6.19. The number of halogens is 1. The Balaban J connectivity index is 2.14. The van der Waals surface area contributed by atoms with Gasteiger partial charge in [0.05, 0.1) is 12.1 Å². The van der Waals surface area contributed by atoms with E-state index in [1.807, 2.05) is 30.3 Å². The maximum Gasteiger partial charge on any atom is 0.120 e. The molecule has 19 heavy (non-hydrogen) atoms. The van der Waals surface area contributed by atoms with Gasteiger partial charge in [0.25, 0.3) is 0 Å². The Hall–Kier alpha value is -1.36. The van der Waals surface area contributed by atoms with E-state index in [0.29, 0.717) is 12.0 Å². The quantitative estimate of drug-likeness (QED) is 0.811. The highest BCUT2D eigenvalue weighted by atomic mass is 79.9. The van der Waals surface area contributed by atoms with E-state index in [4.69, 9.17) is 5.73 Å². The Kier molecular flexibility index (Phi) is 4.58. The minimum Gasteiger partial charge on any atom is -0.508 e. The van der Waals surface area contributed by atoms with Gasteiger partial charge in [-0.3, -0.25) is 0 Å². The molecule has 0 amide bonds. The Labute approximate surface area is 120 Å². The summed E-state index contributed by atoms with van der Waals surface area (Å²) in [5.41, 5.74) is 7.58. The number of hydrogen-bond donors (Lipinski definition) is 3. The number of hydrogen-bond acceptors (Lipinski definition) is 3. The average Bonchev–Trinajstić information content (AvgIpc) is 2.42. The van der Waals surface area contributed by atoms with Crippen LogP contribution in [-0.2, 0) is 6.42 Å². The van der Waals surface area contributed by atoms with Gasteiger partial charge in [0.1, 0.15) is 5.75 Å². The molecule has 0 radical (unpaired) electrons. The van der Waals surface area contributed by atoms with Crippen molar-refractivity contribution < 1.29 is 10.2 Å². The lowest BCUT2D eigenvalue weighted by atomic mass is 9.96. The van der Waals surface area contributed by atoms with Gasteiger partial charge in [-0.15, -0.1) is 0 Å². The van der Waals surface area contributed by atoms with Crippen LogP contribution in [0.3, 0.4) is 0 Å². The number of phenolic OH excluding ortho intramolecular Hbond substituents is 1. The summed E-state index contributed by atoms with van der Waals surface area (Å²) in [6, 6.07) is 14.0. The van der Waals surface area contributed by atoms with Crippen molar-refractivity contribution >= 4 is 15.9 Å². The van der Waals surface area contributed by atoms with Gasteiger partial charge in [-0.1, -0.05) is 46.3 Å². The van der Waals surface area contributed by atoms with Crippen LogP contribution in [0.5, 0.6) is 5.75 Å². The number of aliphatic hydroxyl groups excluding tert-OH is 1. The van der Waals surface area contributed by atoms with Crippen molar-refractivity contribution in [2.45, 2.75) is 18.6 Å². The molecule has 0 bridgehead atoms. The van der Waals surface area contributed by atoms with E-state index in [9.17, 15) is 10.2 Å². The zero-order chi connectivity index (χ0) is 13.8. The molecule has 4 N–H and O–H groups in total. The van der Waals surface area contributed by atoms with E-state index >= 15 is 0 Å². The predicted molar refractivity (Wildman–Crippen MR) is 78.9 cm³/mol. The van der Waals surface area contributed by atoms with Crippen LogP contribution in [0, 0.1) is 0 Å². The fourth-order valence-electron chi connectivity index (χ4n) is 1.98. The molecule has 0 aliphatic rings. The number of rotatable bonds is 4. The summed E-state index contributed by atoms with van der Waals surface area (Å²) in [5, 5.41) is 20.0. The average molecular weight is 322 g/mol. The minimum absolute atomic E-state index is 0.0998. The van der Waals surface area contributed by atoms with Crippen molar-refractivity contribution in [2.24, 2.45) is 5.73 Å². The molecule has 100 valence electrons. The zero-order valence-electron chi connectivity index (χ0n) is 10.3. The number of benzene rings is 2. The van der Waals surface area contributed by atoms with E-state index in [0.717, 1.165) is 10.0 Å². The SMILES string of the molecule is N[C@H](c1cc(Br)ccc1O)[C@@H](O)Cc1ccccc1. The molecule has 2 atom stereocenters. The molecule has 2 rings (SSSR count). The molecule has 2 aromatic rings. The highest BCUT2D eigenvalue weighted by Crippen LogP contribution is 2.29. The molecule has 0 saturated carbocycles. The zero-order valence-corrected chi connectivity index (χ0v) is 11.9. The number of aromatic hydroxyl groups is 1. The highest BCUT2D eigenvalue weighted by Gasteiger charge is 2.20. The summed E-state index contributed by atoms with van der Waals surface area (Å²) in [4.78, 5) is 0. The molecule has 0 spiro atoms. The molecular weight excluding hydrogens is 306 g/mol. The lowest BCUT2D eigenvalue weighted by Gasteiger charge is -2.20. The van der Waals surface area contributed by atoms with E-state index in [2.05, 4.69) is 15.9 Å². The van der Waals surface area contributed by atoms with Crippen LogP contribution < -0.4 is 5.73 Å². The third-order valence-electron chi connectivity index (χ3n) is 3.05. The number of aliphatic hydroxyl groups is 1. The second-order valence-corrected chi connectivity index (χ2v) is 5.40. The standard InChI is InChI=1S/C15H16BrNO2/c16-11-6-7-13(18)12(9-11)15(17)14(19)8-10-4-2-1-3-5-10/h1-7,9,14-15,18-19H,8,17H2/t14-,15+/m0/s1. The van der Waals surface area contributed by atoms with Crippen LogP contribution in [0.1, 0.15) is 17.2 Å². The maximum atomic E-state index is 10.2. The summed E-state index contributed by atoms with van der Waals surface area (Å²) in [5.74, 6) is 0.0998. The molecule has 0 aliphatic heterocycles. The molecule has 3 nitrogen and oxygen atoms in total. The molecular formula is C15H16BrNO2. The van der Waals surface area contributed by atoms with Crippen LogP contribution in [0.15, 0.2) is 53.0 Å². The van der Waals surface area contributed by atoms with Gasteiger partial charge in [0.2, 0.25) is 0 Å². The molecule has 2 aromatic carbocycles. The second-order valence-electron chi connectivity index (χ2n) is 4.49. The van der Waals surface area contributed by atoms with Gasteiger partial charge in [-0.25, -0.2) is 0 Å². The Morgan fingerprint density at radius 3 is 2.47 bits per heavy atom. The molecule has 0 heterocycles. The molecule has 0 aromatic heterocycles. The van der Waals surface area contributed by atoms with Crippen LogP contribution in [-0.4, -0.2) is 16.3 Å². The van der Waals surface area contributed by atoms with Crippen molar-refractivity contribution in [2.75, 3.05) is 0 Å². The fourth-order valence-corrected chi connectivity index (χ4v) is 2.36. The third kappa shape index (κ3) is 3.56. The van der Waals surface area contributed by atoms with Gasteiger partial charge in [0, 0.05) is 16.5 Å². The molecule has 0 aliphatic carbocycles. The smallest absolute Gasteiger partial charge is 0.120 e. The van der Waals surface area contributed by atoms with E-state index in [1.165, 1.54) is 0 Å². The number of nitrogens with two attached hydrogens (primary N) is 1. The van der Waals surface area contributed by atoms with Gasteiger partial charge in [-0.2, -0.15) is 0 Å². The topological polar surface area (TPSA) is 66.5 Å². The highest BCUT2D eigenvalue weighted by molar-refractivity contribution is 9.10. The largest absolute Gasteiger partial charge is 0.508 e. The van der Waals surface area contributed by atoms with E-state index in [1.54, 1.807) is 18.2 Å². The molecule has 0 unspecified atom stereocenters. The summed E-state index contributed by atoms with van der Waals surface area (Å²) >= 11 is 3.33. The number of phenols is 1. The normalized spacial score (nSPS) is 14.1. The van der Waals surface area contributed by atoms with Gasteiger partial charge >= 0.3 is 0 Å². The van der Waals surface area contributed by atoms with Crippen LogP contribution in [0.4, 0.5) is 0 Å². The molecule has 0 fully saturated rings. The van der Waals surface area contributed by atoms with Crippen LogP contribution in [0.25, 0.3) is 0 Å². The predicted octanol–water partition coefficient (Wildman–Crippen LogP) is 2.76. The summed E-state index contributed by atoms with van der Waals surface area (Å²) in [7, 11) is 0. The monoisotopic (exact) mass is 321 g/mol. The van der Waals surface area contributed by atoms with E-state index < -0.39 is 12.1 Å². The maximum absolute atomic E-state index is 10.2. The Morgan fingerprint density at radius 2 is 1.79 bits per heavy atom. The van der Waals surface area contributed by atoms with Crippen molar-refractivity contribution in [1.29, 1.82) is 0 Å².